The topological polar surface area (TPSA) is 24.4 Å². The van der Waals surface area contributed by atoms with Gasteiger partial charge in [-0.05, 0) is 26.3 Å². The summed E-state index contributed by atoms with van der Waals surface area (Å²) in [5.41, 5.74) is 0.923. The van der Waals surface area contributed by atoms with E-state index in [0.717, 1.165) is 5.70 Å². The monoisotopic (exact) mass is 180 g/mol. The van der Waals surface area contributed by atoms with Crippen LogP contribution < -0.4 is 5.32 Å². The predicted molar refractivity (Wildman–Crippen MR) is 60.0 cm³/mol. The molecule has 1 N–H and O–H groups in total. The summed E-state index contributed by atoms with van der Waals surface area (Å²) in [7, 11) is 0. The zero-order valence-corrected chi connectivity index (χ0v) is 8.88. The quantitative estimate of drug-likeness (QED) is 0.493. The number of hydrogen-bond acceptors (Lipinski definition) is 2. The molecular weight excluding hydrogens is 160 g/mol. The van der Waals surface area contributed by atoms with Gasteiger partial charge in [-0.15, -0.1) is 0 Å². The lowest BCUT2D eigenvalue weighted by molar-refractivity contribution is 0.567. The Kier molecular flexibility index (Phi) is 6.98. The van der Waals surface area contributed by atoms with Crippen LogP contribution >= 0.6 is 0 Å². The van der Waals surface area contributed by atoms with Gasteiger partial charge in [0.2, 0.25) is 0 Å². The summed E-state index contributed by atoms with van der Waals surface area (Å²) in [5.74, 6) is 0. The first-order valence-electron chi connectivity index (χ1n) is 4.80. The van der Waals surface area contributed by atoms with E-state index in [4.69, 9.17) is 0 Å². The minimum Gasteiger partial charge on any atom is -0.383 e. The minimum absolute atomic E-state index is 0.493. The molecule has 0 aromatic heterocycles. The van der Waals surface area contributed by atoms with E-state index in [-0.39, 0.29) is 0 Å². The zero-order valence-electron chi connectivity index (χ0n) is 8.88. The molecule has 0 amide bonds. The molecule has 0 aromatic carbocycles. The molecule has 0 aliphatic rings. The normalized spacial score (nSPS) is 13.8. The zero-order chi connectivity index (χ0) is 10.1. The Balaban J connectivity index is 3.73. The fraction of sp³-hybridized carbons (Fsp3) is 0.545. The molecule has 0 saturated carbocycles. The van der Waals surface area contributed by atoms with Gasteiger partial charge >= 0.3 is 0 Å². The molecule has 0 rings (SSSR count). The maximum absolute atomic E-state index is 3.96. The van der Waals surface area contributed by atoms with Crippen molar-refractivity contribution in [3.63, 3.8) is 0 Å². The van der Waals surface area contributed by atoms with E-state index < -0.39 is 0 Å². The third-order valence-electron chi connectivity index (χ3n) is 1.66. The summed E-state index contributed by atoms with van der Waals surface area (Å²) >= 11 is 0. The van der Waals surface area contributed by atoms with Crippen LogP contribution in [0.5, 0.6) is 0 Å². The first kappa shape index (κ1) is 11.9. The van der Waals surface area contributed by atoms with Gasteiger partial charge in [-0.25, -0.2) is 0 Å². The Morgan fingerprint density at radius 2 is 2.31 bits per heavy atom. The highest BCUT2D eigenvalue weighted by Crippen LogP contribution is 1.98. The van der Waals surface area contributed by atoms with Gasteiger partial charge in [0.05, 0.1) is 0 Å². The summed E-state index contributed by atoms with van der Waals surface area (Å²) in [6, 6.07) is 0.493. The smallest absolute Gasteiger partial charge is 0.0284 e. The summed E-state index contributed by atoms with van der Waals surface area (Å²) < 4.78 is 0. The molecule has 0 fully saturated rings. The van der Waals surface area contributed by atoms with Crippen LogP contribution in [-0.2, 0) is 0 Å². The van der Waals surface area contributed by atoms with Crippen molar-refractivity contribution in [2.24, 2.45) is 4.99 Å². The molecule has 0 aromatic rings. The largest absolute Gasteiger partial charge is 0.383 e. The summed E-state index contributed by atoms with van der Waals surface area (Å²) in [6.07, 6.45) is 7.74. The highest BCUT2D eigenvalue weighted by molar-refractivity contribution is 5.54. The third-order valence-corrected chi connectivity index (χ3v) is 1.66. The Hall–Kier alpha value is -1.05. The summed E-state index contributed by atoms with van der Waals surface area (Å²) in [4.78, 5) is 3.96. The van der Waals surface area contributed by atoms with E-state index >= 15 is 0 Å². The maximum atomic E-state index is 3.96. The van der Waals surface area contributed by atoms with Crippen molar-refractivity contribution < 1.29 is 0 Å². The lowest BCUT2D eigenvalue weighted by Crippen LogP contribution is -2.23. The Morgan fingerprint density at radius 3 is 2.85 bits per heavy atom. The summed E-state index contributed by atoms with van der Waals surface area (Å²) in [5, 5.41) is 3.28. The molecule has 74 valence electrons. The van der Waals surface area contributed by atoms with Crippen LogP contribution in [0, 0.1) is 0 Å². The Morgan fingerprint density at radius 1 is 1.62 bits per heavy atom. The molecule has 1 atom stereocenters. The number of hydrogen-bond donors (Lipinski definition) is 1. The molecular formula is C11H20N2. The van der Waals surface area contributed by atoms with Gasteiger partial charge in [-0.2, -0.15) is 0 Å². The second kappa shape index (κ2) is 7.59. The van der Waals surface area contributed by atoms with Crippen molar-refractivity contribution in [3.8, 4) is 0 Å². The first-order chi connectivity index (χ1) is 6.20. The van der Waals surface area contributed by atoms with Crippen molar-refractivity contribution in [2.45, 2.75) is 39.7 Å². The molecule has 13 heavy (non-hydrogen) atoms. The predicted octanol–water partition coefficient (Wildman–Crippen LogP) is 2.88. The van der Waals surface area contributed by atoms with E-state index in [1.165, 1.54) is 12.8 Å². The fourth-order valence-electron chi connectivity index (χ4n) is 1.09. The molecule has 2 nitrogen and oxygen atoms in total. The number of nitrogens with zero attached hydrogens (tertiary/aromatic N) is 1. The molecule has 2 heteroatoms. The van der Waals surface area contributed by atoms with Crippen LogP contribution in [0.15, 0.2) is 29.5 Å². The number of nitrogens with one attached hydrogen (secondary N) is 1. The molecule has 0 saturated heterocycles. The molecule has 0 heterocycles. The fourth-order valence-corrected chi connectivity index (χ4v) is 1.09. The van der Waals surface area contributed by atoms with Gasteiger partial charge < -0.3 is 5.32 Å². The van der Waals surface area contributed by atoms with Crippen molar-refractivity contribution >= 4 is 6.21 Å². The molecule has 1 unspecified atom stereocenters. The first-order valence-corrected chi connectivity index (χ1v) is 4.80. The van der Waals surface area contributed by atoms with Crippen molar-refractivity contribution in [1.82, 2.24) is 5.32 Å². The van der Waals surface area contributed by atoms with Crippen LogP contribution in [0.1, 0.15) is 33.6 Å². The van der Waals surface area contributed by atoms with Crippen LogP contribution in [0.25, 0.3) is 0 Å². The van der Waals surface area contributed by atoms with Gasteiger partial charge in [0.15, 0.2) is 0 Å². The SMILES string of the molecule is C=C(/C=C\N=CC)NC(C)CCC. The standard InChI is InChI=1S/C11H20N2/c1-5-7-10(3)13-11(4)8-9-12-6-2/h6,8-10,13H,4-5,7H2,1-3H3/b9-8-,12-6?. The van der Waals surface area contributed by atoms with Gasteiger partial charge in [-0.1, -0.05) is 19.9 Å². The van der Waals surface area contributed by atoms with Crippen LogP contribution in [0.2, 0.25) is 0 Å². The number of aliphatic imine (C=N–C) groups is 1. The number of rotatable bonds is 6. The lowest BCUT2D eigenvalue weighted by atomic mass is 10.2. The average Bonchev–Trinajstić information content (AvgIpc) is 2.05. The van der Waals surface area contributed by atoms with E-state index in [0.29, 0.717) is 6.04 Å². The lowest BCUT2D eigenvalue weighted by Gasteiger charge is -2.13. The van der Waals surface area contributed by atoms with Crippen LogP contribution in [-0.4, -0.2) is 12.3 Å². The van der Waals surface area contributed by atoms with Gasteiger partial charge in [0.1, 0.15) is 0 Å². The second-order valence-electron chi connectivity index (χ2n) is 3.08. The second-order valence-corrected chi connectivity index (χ2v) is 3.08. The Labute approximate surface area is 81.5 Å². The molecule has 0 aliphatic heterocycles. The van der Waals surface area contributed by atoms with Gasteiger partial charge in [0, 0.05) is 24.2 Å². The molecule has 0 radical (unpaired) electrons. The van der Waals surface area contributed by atoms with Crippen molar-refractivity contribution in [1.29, 1.82) is 0 Å². The van der Waals surface area contributed by atoms with E-state index in [1.54, 1.807) is 12.4 Å². The van der Waals surface area contributed by atoms with E-state index in [2.05, 4.69) is 30.7 Å². The van der Waals surface area contributed by atoms with Crippen LogP contribution in [0.3, 0.4) is 0 Å². The van der Waals surface area contributed by atoms with Crippen molar-refractivity contribution in [3.05, 3.63) is 24.6 Å². The highest BCUT2D eigenvalue weighted by atomic mass is 14.9. The molecule has 0 bridgehead atoms. The van der Waals surface area contributed by atoms with Gasteiger partial charge in [-0.3, -0.25) is 4.99 Å². The van der Waals surface area contributed by atoms with E-state index in [1.807, 2.05) is 13.0 Å². The van der Waals surface area contributed by atoms with E-state index in [9.17, 15) is 0 Å². The summed E-state index contributed by atoms with van der Waals surface area (Å²) in [6.45, 7) is 10.1. The average molecular weight is 180 g/mol. The van der Waals surface area contributed by atoms with Crippen LogP contribution in [0.4, 0.5) is 0 Å². The molecule has 0 spiro atoms. The third kappa shape index (κ3) is 7.32. The minimum atomic E-state index is 0.493. The number of allylic oxidation sites excluding steroid dienone is 1. The Bertz CT molecular complexity index is 192. The maximum Gasteiger partial charge on any atom is 0.0284 e. The van der Waals surface area contributed by atoms with Gasteiger partial charge in [0.25, 0.3) is 0 Å². The molecule has 0 aliphatic carbocycles. The van der Waals surface area contributed by atoms with Crippen molar-refractivity contribution in [2.75, 3.05) is 0 Å². The highest BCUT2D eigenvalue weighted by Gasteiger charge is 1.97.